The van der Waals surface area contributed by atoms with E-state index in [1.54, 1.807) is 6.07 Å². The second-order valence-corrected chi connectivity index (χ2v) is 5.98. The summed E-state index contributed by atoms with van der Waals surface area (Å²) < 4.78 is 14.2. The minimum absolute atomic E-state index is 0.131. The van der Waals surface area contributed by atoms with Gasteiger partial charge in [-0.25, -0.2) is 4.39 Å². The molecule has 2 unspecified atom stereocenters. The highest BCUT2D eigenvalue weighted by molar-refractivity contribution is 9.10. The van der Waals surface area contributed by atoms with Gasteiger partial charge in [-0.05, 0) is 39.9 Å². The van der Waals surface area contributed by atoms with Crippen molar-refractivity contribution in [3.05, 3.63) is 34.1 Å². The van der Waals surface area contributed by atoms with Crippen LogP contribution in [0.5, 0.6) is 0 Å². The van der Waals surface area contributed by atoms with E-state index in [2.05, 4.69) is 38.8 Å². The van der Waals surface area contributed by atoms with Gasteiger partial charge in [0.05, 0.1) is 4.47 Å². The first-order valence-corrected chi connectivity index (χ1v) is 6.31. The summed E-state index contributed by atoms with van der Waals surface area (Å²) in [6.45, 7) is 4.12. The summed E-state index contributed by atoms with van der Waals surface area (Å²) >= 11 is 6.68. The molecule has 0 aromatic heterocycles. The molecule has 1 aromatic rings. The lowest BCUT2D eigenvalue weighted by atomic mass is 9.96. The molecule has 0 fully saturated rings. The van der Waals surface area contributed by atoms with Crippen LogP contribution in [0.4, 0.5) is 4.39 Å². The summed E-state index contributed by atoms with van der Waals surface area (Å²) in [5, 5.41) is 0. The van der Waals surface area contributed by atoms with Crippen molar-refractivity contribution in [3.63, 3.8) is 0 Å². The van der Waals surface area contributed by atoms with Gasteiger partial charge in [-0.1, -0.05) is 41.9 Å². The van der Waals surface area contributed by atoms with Gasteiger partial charge < -0.3 is 0 Å². The third-order valence-corrected chi connectivity index (χ3v) is 3.18. The van der Waals surface area contributed by atoms with Crippen molar-refractivity contribution in [2.24, 2.45) is 0 Å². The summed E-state index contributed by atoms with van der Waals surface area (Å²) in [5.41, 5.74) is 0.783. The Hall–Kier alpha value is 0.110. The van der Waals surface area contributed by atoms with Gasteiger partial charge in [0.2, 0.25) is 0 Å². The number of alkyl halides is 1. The highest BCUT2D eigenvalue weighted by Gasteiger charge is 2.14. The molecule has 0 bridgehead atoms. The van der Waals surface area contributed by atoms with E-state index in [1.807, 2.05) is 19.1 Å². The SMILES string of the molecule is CC(Br)CC(C)c1cccc(Br)c1F. The van der Waals surface area contributed by atoms with Crippen molar-refractivity contribution in [3.8, 4) is 0 Å². The lowest BCUT2D eigenvalue weighted by Crippen LogP contribution is -2.03. The third-order valence-electron chi connectivity index (χ3n) is 2.19. The third kappa shape index (κ3) is 3.06. The quantitative estimate of drug-likeness (QED) is 0.696. The van der Waals surface area contributed by atoms with Gasteiger partial charge in [0.25, 0.3) is 0 Å². The van der Waals surface area contributed by atoms with Crippen LogP contribution in [0.3, 0.4) is 0 Å². The summed E-state index contributed by atoms with van der Waals surface area (Å²) in [4.78, 5) is 0.413. The van der Waals surface area contributed by atoms with Gasteiger partial charge >= 0.3 is 0 Å². The second-order valence-electron chi connectivity index (χ2n) is 3.56. The average molecular weight is 324 g/mol. The highest BCUT2D eigenvalue weighted by atomic mass is 79.9. The van der Waals surface area contributed by atoms with Crippen LogP contribution in [-0.2, 0) is 0 Å². The Morgan fingerprint density at radius 2 is 2.00 bits per heavy atom. The molecular formula is C11H13Br2F. The van der Waals surface area contributed by atoms with E-state index in [1.165, 1.54) is 0 Å². The topological polar surface area (TPSA) is 0 Å². The molecule has 78 valence electrons. The Bertz CT molecular complexity index is 310. The van der Waals surface area contributed by atoms with Crippen molar-refractivity contribution in [1.29, 1.82) is 0 Å². The van der Waals surface area contributed by atoms with Gasteiger partial charge in [-0.15, -0.1) is 0 Å². The maximum absolute atomic E-state index is 13.6. The molecule has 0 aliphatic rings. The summed E-state index contributed by atoms with van der Waals surface area (Å²) in [6, 6.07) is 5.45. The van der Waals surface area contributed by atoms with Gasteiger partial charge in [0, 0.05) is 4.83 Å². The number of halogens is 3. The van der Waals surface area contributed by atoms with Crippen molar-refractivity contribution < 1.29 is 4.39 Å². The largest absolute Gasteiger partial charge is 0.205 e. The fourth-order valence-corrected chi connectivity index (χ4v) is 2.46. The van der Waals surface area contributed by atoms with Crippen LogP contribution < -0.4 is 0 Å². The lowest BCUT2D eigenvalue weighted by Gasteiger charge is -2.14. The van der Waals surface area contributed by atoms with E-state index in [9.17, 15) is 4.39 Å². The molecule has 0 aliphatic heterocycles. The molecule has 1 aromatic carbocycles. The zero-order chi connectivity index (χ0) is 10.7. The van der Waals surface area contributed by atoms with Gasteiger partial charge in [-0.3, -0.25) is 0 Å². The molecule has 0 saturated carbocycles. The Morgan fingerprint density at radius 3 is 2.57 bits per heavy atom. The highest BCUT2D eigenvalue weighted by Crippen LogP contribution is 2.28. The minimum Gasteiger partial charge on any atom is -0.205 e. The number of benzene rings is 1. The molecule has 0 aliphatic carbocycles. The average Bonchev–Trinajstić information content (AvgIpc) is 2.08. The predicted molar refractivity (Wildman–Crippen MR) is 65.5 cm³/mol. The Balaban J connectivity index is 2.89. The van der Waals surface area contributed by atoms with E-state index >= 15 is 0 Å². The molecule has 0 N–H and O–H groups in total. The van der Waals surface area contributed by atoms with Gasteiger partial charge in [-0.2, -0.15) is 0 Å². The molecular weight excluding hydrogens is 311 g/mol. The molecule has 0 heterocycles. The van der Waals surface area contributed by atoms with E-state index in [4.69, 9.17) is 0 Å². The van der Waals surface area contributed by atoms with Crippen LogP contribution >= 0.6 is 31.9 Å². The molecule has 3 heteroatoms. The smallest absolute Gasteiger partial charge is 0.140 e. The maximum atomic E-state index is 13.6. The molecule has 0 spiro atoms. The Morgan fingerprint density at radius 1 is 1.36 bits per heavy atom. The van der Waals surface area contributed by atoms with Gasteiger partial charge in [0.1, 0.15) is 5.82 Å². The lowest BCUT2D eigenvalue weighted by molar-refractivity contribution is 0.570. The van der Waals surface area contributed by atoms with Crippen molar-refractivity contribution in [2.45, 2.75) is 31.0 Å². The Labute approximate surface area is 101 Å². The first-order valence-electron chi connectivity index (χ1n) is 4.60. The van der Waals surface area contributed by atoms with Crippen LogP contribution in [0.1, 0.15) is 31.7 Å². The van der Waals surface area contributed by atoms with Crippen LogP contribution in [-0.4, -0.2) is 4.83 Å². The molecule has 1 rings (SSSR count). The van der Waals surface area contributed by atoms with Crippen LogP contribution in [0, 0.1) is 5.82 Å². The van der Waals surface area contributed by atoms with Crippen molar-refractivity contribution in [1.82, 2.24) is 0 Å². The van der Waals surface area contributed by atoms with Crippen molar-refractivity contribution in [2.75, 3.05) is 0 Å². The van der Waals surface area contributed by atoms with Crippen molar-refractivity contribution >= 4 is 31.9 Å². The van der Waals surface area contributed by atoms with E-state index in [0.29, 0.717) is 9.30 Å². The fourth-order valence-electron chi connectivity index (χ4n) is 1.52. The minimum atomic E-state index is -0.131. The number of hydrogen-bond acceptors (Lipinski definition) is 0. The second kappa shape index (κ2) is 5.26. The maximum Gasteiger partial charge on any atom is 0.140 e. The molecule has 0 nitrogen and oxygen atoms in total. The zero-order valence-corrected chi connectivity index (χ0v) is 11.4. The molecule has 0 saturated heterocycles. The standard InChI is InChI=1S/C11H13Br2F/c1-7(6-8(2)12)9-4-3-5-10(13)11(9)14/h3-5,7-8H,6H2,1-2H3. The molecule has 0 amide bonds. The first-order chi connectivity index (χ1) is 6.52. The number of rotatable bonds is 3. The molecule has 14 heavy (non-hydrogen) atoms. The summed E-state index contributed by atoms with van der Waals surface area (Å²) in [6.07, 6.45) is 0.938. The Kier molecular flexibility index (Phi) is 4.58. The van der Waals surface area contributed by atoms with Crippen LogP contribution in [0.25, 0.3) is 0 Å². The van der Waals surface area contributed by atoms with Crippen LogP contribution in [0.2, 0.25) is 0 Å². The van der Waals surface area contributed by atoms with E-state index in [-0.39, 0.29) is 11.7 Å². The van der Waals surface area contributed by atoms with E-state index in [0.717, 1.165) is 12.0 Å². The fraction of sp³-hybridized carbons (Fsp3) is 0.455. The molecule has 2 atom stereocenters. The summed E-state index contributed by atoms with van der Waals surface area (Å²) in [7, 11) is 0. The normalized spacial score (nSPS) is 15.2. The van der Waals surface area contributed by atoms with E-state index < -0.39 is 0 Å². The number of hydrogen-bond donors (Lipinski definition) is 0. The molecule has 0 radical (unpaired) electrons. The summed E-state index contributed by atoms with van der Waals surface area (Å²) in [5.74, 6) is 0.107. The predicted octanol–water partition coefficient (Wildman–Crippen LogP) is 4.87. The monoisotopic (exact) mass is 322 g/mol. The van der Waals surface area contributed by atoms with Gasteiger partial charge in [0.15, 0.2) is 0 Å². The van der Waals surface area contributed by atoms with Crippen LogP contribution in [0.15, 0.2) is 22.7 Å². The first kappa shape index (κ1) is 12.2. The zero-order valence-electron chi connectivity index (χ0n) is 8.23.